The lowest BCUT2D eigenvalue weighted by molar-refractivity contribution is -0.659. The number of para-hydroxylation sites is 2. The highest BCUT2D eigenvalue weighted by Crippen LogP contribution is 2.17. The summed E-state index contributed by atoms with van der Waals surface area (Å²) < 4.78 is 7.83. The molecule has 13 heavy (non-hydrogen) atoms. The van der Waals surface area contributed by atoms with Crippen LogP contribution in [0.2, 0.25) is 0 Å². The maximum atomic E-state index is 5.72. The molecule has 0 bridgehead atoms. The summed E-state index contributed by atoms with van der Waals surface area (Å²) in [6, 6.07) is 8.10. The molecular weight excluding hydrogens is 162 g/mol. The molecule has 68 valence electrons. The van der Waals surface area contributed by atoms with Gasteiger partial charge in [-0.1, -0.05) is 12.1 Å². The maximum Gasteiger partial charge on any atom is 0.350 e. The molecule has 1 aromatic heterocycles. The summed E-state index contributed by atoms with van der Waals surface area (Å²) >= 11 is 0. The quantitative estimate of drug-likeness (QED) is 0.610. The first kappa shape index (κ1) is 8.30. The fraction of sp³-hybridized carbons (Fsp3) is 0.364. The van der Waals surface area contributed by atoms with Crippen LogP contribution in [0.5, 0.6) is 0 Å². The standard InChI is InChI=1S/C11H14NO/c1-8(2)11-12(3)9-6-4-5-7-10(9)13-11/h4-8H,1-3H3/q+1. The summed E-state index contributed by atoms with van der Waals surface area (Å²) in [7, 11) is 2.04. The molecule has 2 aromatic rings. The number of hydrogen-bond acceptors (Lipinski definition) is 1. The van der Waals surface area contributed by atoms with E-state index in [-0.39, 0.29) is 0 Å². The topological polar surface area (TPSA) is 17.0 Å². The lowest BCUT2D eigenvalue weighted by Crippen LogP contribution is -2.31. The summed E-state index contributed by atoms with van der Waals surface area (Å²) in [5.41, 5.74) is 2.12. The highest BCUT2D eigenvalue weighted by atomic mass is 16.4. The molecule has 2 heteroatoms. The van der Waals surface area contributed by atoms with Crippen LogP contribution in [0.25, 0.3) is 11.1 Å². The third kappa shape index (κ3) is 1.22. The molecule has 2 rings (SSSR count). The van der Waals surface area contributed by atoms with Crippen molar-refractivity contribution in [3.8, 4) is 0 Å². The third-order valence-corrected chi connectivity index (χ3v) is 2.27. The number of fused-ring (bicyclic) bond motifs is 1. The van der Waals surface area contributed by atoms with Crippen molar-refractivity contribution < 1.29 is 8.98 Å². The number of nitrogens with zero attached hydrogens (tertiary/aromatic N) is 1. The van der Waals surface area contributed by atoms with Crippen LogP contribution in [0.1, 0.15) is 25.7 Å². The maximum absolute atomic E-state index is 5.72. The Morgan fingerprint density at radius 2 is 1.92 bits per heavy atom. The van der Waals surface area contributed by atoms with Crippen LogP contribution in [0.4, 0.5) is 0 Å². The van der Waals surface area contributed by atoms with Crippen LogP contribution in [0.15, 0.2) is 28.7 Å². The Hall–Kier alpha value is -1.31. The molecule has 0 spiro atoms. The minimum absolute atomic E-state index is 0.428. The van der Waals surface area contributed by atoms with E-state index < -0.39 is 0 Å². The van der Waals surface area contributed by atoms with E-state index >= 15 is 0 Å². The van der Waals surface area contributed by atoms with E-state index in [9.17, 15) is 0 Å². The monoisotopic (exact) mass is 176 g/mol. The summed E-state index contributed by atoms with van der Waals surface area (Å²) in [6.45, 7) is 4.27. The van der Waals surface area contributed by atoms with Gasteiger partial charge in [0.05, 0.1) is 5.92 Å². The second-order valence-electron chi connectivity index (χ2n) is 3.62. The Kier molecular flexibility index (Phi) is 1.83. The van der Waals surface area contributed by atoms with Gasteiger partial charge in [-0.3, -0.25) is 0 Å². The van der Waals surface area contributed by atoms with E-state index in [0.29, 0.717) is 5.92 Å². The minimum atomic E-state index is 0.428. The van der Waals surface area contributed by atoms with Gasteiger partial charge in [-0.15, -0.1) is 0 Å². The van der Waals surface area contributed by atoms with Crippen molar-refractivity contribution in [2.75, 3.05) is 0 Å². The number of aromatic nitrogens is 1. The van der Waals surface area contributed by atoms with Gasteiger partial charge in [-0.2, -0.15) is 4.57 Å². The molecule has 1 heterocycles. The van der Waals surface area contributed by atoms with Crippen LogP contribution in [-0.4, -0.2) is 0 Å². The van der Waals surface area contributed by atoms with Gasteiger partial charge < -0.3 is 4.42 Å². The van der Waals surface area contributed by atoms with E-state index in [4.69, 9.17) is 4.42 Å². The fourth-order valence-corrected chi connectivity index (χ4v) is 1.63. The Morgan fingerprint density at radius 1 is 1.23 bits per heavy atom. The van der Waals surface area contributed by atoms with Crippen LogP contribution in [-0.2, 0) is 7.05 Å². The molecule has 0 unspecified atom stereocenters. The third-order valence-electron chi connectivity index (χ3n) is 2.27. The SMILES string of the molecule is CC(C)c1oc2ccccc2[n+]1C. The van der Waals surface area contributed by atoms with E-state index in [1.807, 2.05) is 25.2 Å². The number of benzene rings is 1. The number of hydrogen-bond donors (Lipinski definition) is 0. The first-order valence-corrected chi connectivity index (χ1v) is 4.57. The molecular formula is C11H14NO+. The zero-order chi connectivity index (χ0) is 9.42. The van der Waals surface area contributed by atoms with Crippen LogP contribution in [0, 0.1) is 0 Å². The second kappa shape index (κ2) is 2.87. The Labute approximate surface area is 77.8 Å². The molecule has 0 N–H and O–H groups in total. The molecule has 0 atom stereocenters. The first-order valence-electron chi connectivity index (χ1n) is 4.57. The molecule has 0 saturated carbocycles. The predicted octanol–water partition coefficient (Wildman–Crippen LogP) is 2.38. The van der Waals surface area contributed by atoms with Gasteiger partial charge in [0.1, 0.15) is 7.05 Å². The Morgan fingerprint density at radius 3 is 2.54 bits per heavy atom. The molecule has 0 radical (unpaired) electrons. The Bertz CT molecular complexity index is 429. The first-order chi connectivity index (χ1) is 6.20. The fourth-order valence-electron chi connectivity index (χ4n) is 1.63. The molecule has 0 fully saturated rings. The lowest BCUT2D eigenvalue weighted by atomic mass is 10.2. The summed E-state index contributed by atoms with van der Waals surface area (Å²) in [5, 5.41) is 0. The molecule has 1 aromatic carbocycles. The van der Waals surface area contributed by atoms with Gasteiger partial charge in [0.15, 0.2) is 0 Å². The zero-order valence-electron chi connectivity index (χ0n) is 8.24. The van der Waals surface area contributed by atoms with E-state index in [1.54, 1.807) is 0 Å². The van der Waals surface area contributed by atoms with Crippen molar-refractivity contribution >= 4 is 11.1 Å². The van der Waals surface area contributed by atoms with Gasteiger partial charge >= 0.3 is 5.89 Å². The predicted molar refractivity (Wildman–Crippen MR) is 51.5 cm³/mol. The summed E-state index contributed by atoms with van der Waals surface area (Å²) in [4.78, 5) is 0. The minimum Gasteiger partial charge on any atom is -0.401 e. The van der Waals surface area contributed by atoms with Crippen molar-refractivity contribution in [1.29, 1.82) is 0 Å². The van der Waals surface area contributed by atoms with Crippen LogP contribution >= 0.6 is 0 Å². The molecule has 0 aliphatic rings. The number of rotatable bonds is 1. The lowest BCUT2D eigenvalue weighted by Gasteiger charge is -1.92. The molecule has 0 saturated heterocycles. The second-order valence-corrected chi connectivity index (χ2v) is 3.62. The summed E-state index contributed by atoms with van der Waals surface area (Å²) in [5.74, 6) is 1.46. The molecule has 0 amide bonds. The molecule has 0 aliphatic heterocycles. The van der Waals surface area contributed by atoms with E-state index in [2.05, 4.69) is 24.5 Å². The van der Waals surface area contributed by atoms with Crippen molar-refractivity contribution in [3.05, 3.63) is 30.2 Å². The van der Waals surface area contributed by atoms with Crippen molar-refractivity contribution in [2.24, 2.45) is 7.05 Å². The van der Waals surface area contributed by atoms with Crippen molar-refractivity contribution in [2.45, 2.75) is 19.8 Å². The van der Waals surface area contributed by atoms with E-state index in [1.165, 1.54) is 0 Å². The normalized spacial score (nSPS) is 11.4. The highest BCUT2D eigenvalue weighted by Gasteiger charge is 2.20. The van der Waals surface area contributed by atoms with E-state index in [0.717, 1.165) is 17.0 Å². The smallest absolute Gasteiger partial charge is 0.350 e. The molecule has 2 nitrogen and oxygen atoms in total. The van der Waals surface area contributed by atoms with Crippen LogP contribution in [0.3, 0.4) is 0 Å². The average Bonchev–Trinajstić information content (AvgIpc) is 2.45. The highest BCUT2D eigenvalue weighted by molar-refractivity contribution is 5.68. The largest absolute Gasteiger partial charge is 0.401 e. The van der Waals surface area contributed by atoms with Crippen LogP contribution < -0.4 is 4.57 Å². The zero-order valence-corrected chi connectivity index (χ0v) is 8.24. The Balaban J connectivity index is 2.74. The summed E-state index contributed by atoms with van der Waals surface area (Å²) in [6.07, 6.45) is 0. The number of aryl methyl sites for hydroxylation is 1. The van der Waals surface area contributed by atoms with Gasteiger partial charge in [-0.25, -0.2) is 0 Å². The van der Waals surface area contributed by atoms with Crippen molar-refractivity contribution in [3.63, 3.8) is 0 Å². The average molecular weight is 176 g/mol. The van der Waals surface area contributed by atoms with Gasteiger partial charge in [0, 0.05) is 6.07 Å². The molecule has 0 aliphatic carbocycles. The van der Waals surface area contributed by atoms with Gasteiger partial charge in [-0.05, 0) is 19.9 Å². The number of oxazole rings is 1. The van der Waals surface area contributed by atoms with Gasteiger partial charge in [0.2, 0.25) is 5.58 Å². The van der Waals surface area contributed by atoms with Crippen molar-refractivity contribution in [1.82, 2.24) is 0 Å². The van der Waals surface area contributed by atoms with Gasteiger partial charge in [0.25, 0.3) is 5.52 Å².